The Kier molecular flexibility index (Phi) is 5.59. The van der Waals surface area contributed by atoms with Gasteiger partial charge in [-0.2, -0.15) is 5.26 Å². The molecule has 0 saturated carbocycles. The molecule has 3 N–H and O–H groups in total. The average Bonchev–Trinajstić information content (AvgIpc) is 3.03. The number of hydrogen-bond donors (Lipinski definition) is 2. The highest BCUT2D eigenvalue weighted by molar-refractivity contribution is 7.07. The van der Waals surface area contributed by atoms with Crippen molar-refractivity contribution in [1.29, 1.82) is 5.26 Å². The maximum absolute atomic E-state index is 12.8. The molecule has 0 fully saturated rings. The second-order valence-corrected chi connectivity index (χ2v) is 7.38. The second kappa shape index (κ2) is 7.95. The van der Waals surface area contributed by atoms with E-state index in [9.17, 15) is 19.6 Å². The van der Waals surface area contributed by atoms with Gasteiger partial charge >= 0.3 is 5.97 Å². The van der Waals surface area contributed by atoms with Gasteiger partial charge in [-0.1, -0.05) is 29.8 Å². The number of nitrogens with one attached hydrogen (secondary N) is 1. The van der Waals surface area contributed by atoms with Gasteiger partial charge in [-0.3, -0.25) is 14.2 Å². The van der Waals surface area contributed by atoms with Crippen molar-refractivity contribution < 1.29 is 14.3 Å². The van der Waals surface area contributed by atoms with E-state index >= 15 is 0 Å². The molecule has 2 heterocycles. The van der Waals surface area contributed by atoms with E-state index in [0.717, 1.165) is 22.0 Å². The van der Waals surface area contributed by atoms with Crippen LogP contribution in [0.4, 0.5) is 0 Å². The first kappa shape index (κ1) is 20.4. The summed E-state index contributed by atoms with van der Waals surface area (Å²) < 4.78 is 5.88. The van der Waals surface area contributed by atoms with Crippen LogP contribution in [0.5, 0.6) is 0 Å². The lowest BCUT2D eigenvalue weighted by atomic mass is 9.83. The molecule has 8 nitrogen and oxygen atoms in total. The summed E-state index contributed by atoms with van der Waals surface area (Å²) in [7, 11) is 2.62. The molecule has 1 aromatic heterocycles. The van der Waals surface area contributed by atoms with E-state index in [-0.39, 0.29) is 26.2 Å². The first-order valence-electron chi connectivity index (χ1n) is 8.28. The van der Waals surface area contributed by atoms with Gasteiger partial charge in [-0.05, 0) is 11.6 Å². The van der Waals surface area contributed by atoms with Crippen LogP contribution < -0.4 is 25.8 Å². The minimum absolute atomic E-state index is 0.00807. The van der Waals surface area contributed by atoms with E-state index in [1.54, 1.807) is 24.3 Å². The van der Waals surface area contributed by atoms with Crippen molar-refractivity contribution in [3.05, 3.63) is 60.0 Å². The van der Waals surface area contributed by atoms with Crippen LogP contribution >= 0.6 is 22.9 Å². The molecule has 1 atom stereocenters. The number of halogens is 1. The summed E-state index contributed by atoms with van der Waals surface area (Å²) in [5, 5.41) is 12.7. The van der Waals surface area contributed by atoms with Gasteiger partial charge in [0.2, 0.25) is 0 Å². The third kappa shape index (κ3) is 3.33. The Labute approximate surface area is 173 Å². The van der Waals surface area contributed by atoms with Crippen molar-refractivity contribution in [3.8, 4) is 6.07 Å². The van der Waals surface area contributed by atoms with Gasteiger partial charge in [0, 0.05) is 18.1 Å². The van der Waals surface area contributed by atoms with E-state index < -0.39 is 23.4 Å². The first-order chi connectivity index (χ1) is 13.8. The molecule has 3 rings (SSSR count). The van der Waals surface area contributed by atoms with Crippen LogP contribution in [0.1, 0.15) is 11.5 Å². The van der Waals surface area contributed by atoms with Gasteiger partial charge in [-0.15, -0.1) is 11.3 Å². The number of thiazole rings is 1. The van der Waals surface area contributed by atoms with Crippen molar-refractivity contribution >= 4 is 52.3 Å². The number of fused-ring (bicyclic) bond motifs is 1. The molecule has 1 amide bonds. The number of ether oxygens (including phenoxy) is 1. The van der Waals surface area contributed by atoms with Crippen molar-refractivity contribution in [1.82, 2.24) is 9.88 Å². The van der Waals surface area contributed by atoms with E-state index in [4.69, 9.17) is 17.3 Å². The fraction of sp³-hybridized carbons (Fsp3) is 0.158. The first-order valence-corrected chi connectivity index (χ1v) is 9.47. The fourth-order valence-corrected chi connectivity index (χ4v) is 4.47. The minimum atomic E-state index is -0.877. The van der Waals surface area contributed by atoms with Crippen molar-refractivity contribution in [3.63, 3.8) is 0 Å². The van der Waals surface area contributed by atoms with Gasteiger partial charge in [0.25, 0.3) is 11.5 Å². The number of benzene rings is 1. The van der Waals surface area contributed by atoms with Gasteiger partial charge in [-0.25, -0.2) is 4.79 Å². The predicted molar refractivity (Wildman–Crippen MR) is 109 cm³/mol. The zero-order valence-electron chi connectivity index (χ0n) is 15.4. The molecular weight excluding hydrogens is 416 g/mol. The monoisotopic (exact) mass is 430 g/mol. The number of hydrogen-bond acceptors (Lipinski definition) is 7. The molecule has 29 heavy (non-hydrogen) atoms. The molecule has 1 unspecified atom stereocenters. The molecule has 0 aliphatic carbocycles. The summed E-state index contributed by atoms with van der Waals surface area (Å²) in [5.74, 6) is -2.23. The highest BCUT2D eigenvalue weighted by atomic mass is 35.5. The number of allylic oxidation sites excluding steroid dienone is 1. The average molecular weight is 431 g/mol. The number of aromatic nitrogens is 1. The van der Waals surface area contributed by atoms with Gasteiger partial charge in [0.15, 0.2) is 0 Å². The van der Waals surface area contributed by atoms with Crippen LogP contribution in [0.3, 0.4) is 0 Å². The predicted octanol–water partition coefficient (Wildman–Crippen LogP) is -0.138. The quantitative estimate of drug-likeness (QED) is 0.652. The van der Waals surface area contributed by atoms with Crippen LogP contribution in [0, 0.1) is 11.3 Å². The number of methoxy groups -OCH3 is 1. The van der Waals surface area contributed by atoms with Crippen LogP contribution in [0.25, 0.3) is 17.5 Å². The largest absolute Gasteiger partial charge is 0.466 e. The summed E-state index contributed by atoms with van der Waals surface area (Å²) in [6.45, 7) is 0. The molecule has 10 heteroatoms. The lowest BCUT2D eigenvalue weighted by Crippen LogP contribution is -2.41. The van der Waals surface area contributed by atoms with Crippen LogP contribution in [0.15, 0.2) is 34.6 Å². The van der Waals surface area contributed by atoms with Crippen LogP contribution in [-0.4, -0.2) is 30.6 Å². The number of nitrogens with two attached hydrogens (primary N) is 1. The minimum Gasteiger partial charge on any atom is -0.466 e. The Bertz CT molecular complexity index is 1280. The summed E-state index contributed by atoms with van der Waals surface area (Å²) in [4.78, 5) is 37.3. The summed E-state index contributed by atoms with van der Waals surface area (Å²) in [5.41, 5.74) is 6.19. The number of carbonyl (C=O) groups is 2. The second-order valence-electron chi connectivity index (χ2n) is 5.94. The Morgan fingerprint density at radius 1 is 1.41 bits per heavy atom. The number of rotatable bonds is 3. The fourth-order valence-electron chi connectivity index (χ4n) is 3.09. The maximum Gasteiger partial charge on any atom is 0.332 e. The number of nitrogens with zero attached hydrogens (tertiary/aromatic N) is 2. The number of esters is 1. The molecule has 2 aromatic rings. The molecular formula is C19H15ClN4O4S. The third-order valence-electron chi connectivity index (χ3n) is 4.41. The number of amides is 1. The summed E-state index contributed by atoms with van der Waals surface area (Å²) >= 11 is 7.25. The molecule has 1 aliphatic rings. The van der Waals surface area contributed by atoms with E-state index in [1.165, 1.54) is 14.2 Å². The number of nitriles is 1. The normalized spacial score (nSPS) is 16.3. The molecule has 0 saturated heterocycles. The lowest BCUT2D eigenvalue weighted by molar-refractivity contribution is -0.133. The van der Waals surface area contributed by atoms with Gasteiger partial charge in [0.05, 0.1) is 30.2 Å². The van der Waals surface area contributed by atoms with Crippen molar-refractivity contribution in [2.45, 2.75) is 5.92 Å². The molecule has 0 spiro atoms. The molecule has 1 aromatic carbocycles. The van der Waals surface area contributed by atoms with Crippen molar-refractivity contribution in [2.24, 2.45) is 5.73 Å². The molecule has 0 radical (unpaired) electrons. The van der Waals surface area contributed by atoms with Gasteiger partial charge in [0.1, 0.15) is 15.0 Å². The Morgan fingerprint density at radius 3 is 2.69 bits per heavy atom. The molecule has 0 bridgehead atoms. The zero-order chi connectivity index (χ0) is 21.3. The summed E-state index contributed by atoms with van der Waals surface area (Å²) in [6, 6.07) is 8.77. The Balaban J connectivity index is 2.52. The SMILES string of the molecule is CNC(=O)C1=c2s/c(=C\C(=O)OC)c(=O)n2C(N)=C(C#N)C1c1ccccc1Cl. The Morgan fingerprint density at radius 2 is 2.10 bits per heavy atom. The highest BCUT2D eigenvalue weighted by Gasteiger charge is 2.36. The van der Waals surface area contributed by atoms with E-state index in [2.05, 4.69) is 10.1 Å². The summed E-state index contributed by atoms with van der Waals surface area (Å²) in [6.07, 6.45) is 1.02. The lowest BCUT2D eigenvalue weighted by Gasteiger charge is -2.25. The van der Waals surface area contributed by atoms with E-state index in [0.29, 0.717) is 10.6 Å². The van der Waals surface area contributed by atoms with E-state index in [1.807, 2.05) is 6.07 Å². The third-order valence-corrected chi connectivity index (χ3v) is 5.86. The standard InChI is InChI=1S/C19H15ClN4O4S/c1-23-17(26)15-14(9-5-3-4-6-11(9)20)10(8-21)16(22)24-18(27)12(29-19(15)24)7-13(25)28-2/h3-7,14H,22H2,1-2H3,(H,23,26)/b12-7-. The zero-order valence-corrected chi connectivity index (χ0v) is 16.9. The maximum atomic E-state index is 12.8. The smallest absolute Gasteiger partial charge is 0.332 e. The van der Waals surface area contributed by atoms with Crippen molar-refractivity contribution in [2.75, 3.05) is 14.2 Å². The highest BCUT2D eigenvalue weighted by Crippen LogP contribution is 2.39. The van der Waals surface area contributed by atoms with Crippen LogP contribution in [0.2, 0.25) is 5.02 Å². The molecule has 1 aliphatic heterocycles. The molecule has 148 valence electrons. The van der Waals surface area contributed by atoms with Crippen LogP contribution in [-0.2, 0) is 14.3 Å². The topological polar surface area (TPSA) is 127 Å². The Hall–Kier alpha value is -3.35. The van der Waals surface area contributed by atoms with Gasteiger partial charge < -0.3 is 15.8 Å². The number of carbonyl (C=O) groups excluding carboxylic acids is 2.